The van der Waals surface area contributed by atoms with Crippen LogP contribution in [0.4, 0.5) is 13.2 Å². The number of allylic oxidation sites excluding steroid dienone is 1. The number of carbonyl (C=O) groups excluding carboxylic acids is 1. The quantitative estimate of drug-likeness (QED) is 0.477. The molecule has 0 saturated carbocycles. The Morgan fingerprint density at radius 3 is 2.61 bits per heavy atom. The minimum absolute atomic E-state index is 0.0723. The molecule has 190 valence electrons. The van der Waals surface area contributed by atoms with Crippen molar-refractivity contribution in [2.45, 2.75) is 37.3 Å². The molecule has 8 nitrogen and oxygen atoms in total. The van der Waals surface area contributed by atoms with Gasteiger partial charge in [0.1, 0.15) is 17.4 Å². The van der Waals surface area contributed by atoms with Crippen LogP contribution in [0, 0.1) is 5.82 Å². The van der Waals surface area contributed by atoms with Crippen LogP contribution in [0.15, 0.2) is 62.2 Å². The van der Waals surface area contributed by atoms with Gasteiger partial charge in [-0.05, 0) is 31.0 Å². The highest BCUT2D eigenvalue weighted by Gasteiger charge is 2.51. The second-order valence-corrected chi connectivity index (χ2v) is 9.96. The first-order chi connectivity index (χ1) is 17.0. The summed E-state index contributed by atoms with van der Waals surface area (Å²) in [6.45, 7) is 0.568. The second-order valence-electron chi connectivity index (χ2n) is 8.21. The Labute approximate surface area is 215 Å². The van der Waals surface area contributed by atoms with Crippen LogP contribution in [-0.2, 0) is 9.59 Å². The number of carbonyl (C=O) groups is 2. The molecule has 4 rings (SSSR count). The van der Waals surface area contributed by atoms with E-state index in [0.29, 0.717) is 5.01 Å². The van der Waals surface area contributed by atoms with Gasteiger partial charge in [0.2, 0.25) is 0 Å². The van der Waals surface area contributed by atoms with Gasteiger partial charge in [-0.25, -0.2) is 22.9 Å². The molecule has 1 saturated heterocycles. The maximum absolute atomic E-state index is 14.0. The average Bonchev–Trinajstić information content (AvgIpc) is 3.35. The number of aromatic nitrogens is 1. The second kappa shape index (κ2) is 9.79. The zero-order valence-corrected chi connectivity index (χ0v) is 21.1. The number of rotatable bonds is 6. The van der Waals surface area contributed by atoms with E-state index < -0.39 is 60.2 Å². The van der Waals surface area contributed by atoms with Crippen LogP contribution in [0.1, 0.15) is 36.4 Å². The summed E-state index contributed by atoms with van der Waals surface area (Å²) >= 11 is 4.43. The van der Waals surface area contributed by atoms with E-state index in [9.17, 15) is 33.0 Å². The van der Waals surface area contributed by atoms with Crippen molar-refractivity contribution >= 4 is 45.0 Å². The Kier molecular flexibility index (Phi) is 7.08. The number of nitrogens with one attached hydrogen (secondary N) is 2. The number of aliphatic imine (C=N–C) groups is 1. The predicted molar refractivity (Wildman–Crippen MR) is 127 cm³/mol. The fraction of sp³-hybridized carbons (Fsp3) is 0.304. The number of benzene rings is 1. The number of hydrogen-bond acceptors (Lipinski definition) is 8. The lowest BCUT2D eigenvalue weighted by Crippen LogP contribution is -2.62. The molecule has 2 atom stereocenters. The standard InChI is InChI=1S/C23H20BrF3N4O4S/c1-2-13(23(21(34)35)6-5-22(26,27)10-29-23)17-15(20(32)33)16(12-4-3-11(25)9-14(12)24)30-18(31-17)19-28-7-8-36-19/h2-4,7-9,16,29H,5-6,10H2,1H3,(H,30,31)(H,32,33)(H,34,35)/p-1/t16-,23+/m0/s1. The van der Waals surface area contributed by atoms with E-state index in [0.717, 1.165) is 12.1 Å². The molecule has 0 aliphatic carbocycles. The summed E-state index contributed by atoms with van der Waals surface area (Å²) in [7, 11) is 0. The minimum Gasteiger partial charge on any atom is -0.545 e. The zero-order chi connectivity index (χ0) is 26.3. The zero-order valence-electron chi connectivity index (χ0n) is 18.6. The van der Waals surface area contributed by atoms with Gasteiger partial charge in [0.15, 0.2) is 10.8 Å². The third-order valence-electron chi connectivity index (χ3n) is 6.05. The van der Waals surface area contributed by atoms with Crippen LogP contribution in [-0.4, -0.2) is 45.9 Å². The van der Waals surface area contributed by atoms with E-state index in [1.54, 1.807) is 5.38 Å². The molecule has 1 aromatic carbocycles. The Morgan fingerprint density at radius 1 is 1.33 bits per heavy atom. The van der Waals surface area contributed by atoms with E-state index in [1.165, 1.54) is 36.6 Å². The van der Waals surface area contributed by atoms with Crippen molar-refractivity contribution < 1.29 is 33.0 Å². The van der Waals surface area contributed by atoms with Crippen molar-refractivity contribution in [1.82, 2.24) is 15.6 Å². The molecule has 13 heteroatoms. The maximum atomic E-state index is 14.0. The number of alkyl halides is 2. The van der Waals surface area contributed by atoms with Gasteiger partial charge in [-0.2, -0.15) is 0 Å². The van der Waals surface area contributed by atoms with Gasteiger partial charge in [0.25, 0.3) is 5.92 Å². The van der Waals surface area contributed by atoms with Crippen LogP contribution in [0.5, 0.6) is 0 Å². The van der Waals surface area contributed by atoms with Gasteiger partial charge < -0.3 is 20.3 Å². The molecule has 3 heterocycles. The van der Waals surface area contributed by atoms with Crippen molar-refractivity contribution in [3.8, 4) is 0 Å². The first-order valence-corrected chi connectivity index (χ1v) is 12.3. The summed E-state index contributed by atoms with van der Waals surface area (Å²) in [6, 6.07) is 2.36. The van der Waals surface area contributed by atoms with Crippen molar-refractivity contribution in [2.24, 2.45) is 4.99 Å². The maximum Gasteiger partial charge on any atom is 0.328 e. The lowest BCUT2D eigenvalue weighted by molar-refractivity contribution is -0.299. The Hall–Kier alpha value is -3.03. The van der Waals surface area contributed by atoms with Gasteiger partial charge in [-0.3, -0.25) is 10.3 Å². The molecule has 1 fully saturated rings. The molecule has 2 aliphatic heterocycles. The van der Waals surface area contributed by atoms with Crippen LogP contribution in [0.2, 0.25) is 0 Å². The molecule has 0 amide bonds. The van der Waals surface area contributed by atoms with Gasteiger partial charge >= 0.3 is 5.97 Å². The van der Waals surface area contributed by atoms with E-state index in [2.05, 4.69) is 36.5 Å². The fourth-order valence-electron chi connectivity index (χ4n) is 4.33. The first kappa shape index (κ1) is 26.0. The lowest BCUT2D eigenvalue weighted by Gasteiger charge is -2.42. The molecule has 0 spiro atoms. The Balaban J connectivity index is 1.95. The topological polar surface area (TPSA) is 127 Å². The third-order valence-corrected chi connectivity index (χ3v) is 7.52. The van der Waals surface area contributed by atoms with Crippen LogP contribution < -0.4 is 15.7 Å². The average molecular weight is 584 g/mol. The minimum atomic E-state index is -3.13. The molecule has 0 radical (unpaired) electrons. The number of piperidine rings is 1. The molecule has 1 aromatic heterocycles. The number of thiazole rings is 1. The van der Waals surface area contributed by atoms with E-state index in [4.69, 9.17) is 0 Å². The van der Waals surface area contributed by atoms with Crippen molar-refractivity contribution in [3.63, 3.8) is 0 Å². The van der Waals surface area contributed by atoms with Crippen LogP contribution in [0.25, 0.3) is 0 Å². The number of nitrogens with zero attached hydrogens (tertiary/aromatic N) is 2. The molecular formula is C23H19BrF3N4O4S-. The summed E-state index contributed by atoms with van der Waals surface area (Å²) in [6.07, 6.45) is 1.63. The van der Waals surface area contributed by atoms with Gasteiger partial charge in [0.05, 0.1) is 18.2 Å². The van der Waals surface area contributed by atoms with Crippen LogP contribution >= 0.6 is 27.3 Å². The van der Waals surface area contributed by atoms with Crippen molar-refractivity contribution in [3.05, 3.63) is 73.6 Å². The monoisotopic (exact) mass is 583 g/mol. The van der Waals surface area contributed by atoms with Crippen molar-refractivity contribution in [1.29, 1.82) is 0 Å². The van der Waals surface area contributed by atoms with Gasteiger partial charge in [0, 0.05) is 33.6 Å². The number of carboxylic acid groups (broad SMARTS) is 2. The van der Waals surface area contributed by atoms with Gasteiger partial charge in [-0.15, -0.1) is 11.3 Å². The van der Waals surface area contributed by atoms with E-state index in [-0.39, 0.29) is 27.1 Å². The summed E-state index contributed by atoms with van der Waals surface area (Å²) in [5.41, 5.74) is -2.42. The number of hydrogen-bond donors (Lipinski definition) is 3. The van der Waals surface area contributed by atoms with Crippen molar-refractivity contribution in [2.75, 3.05) is 6.54 Å². The van der Waals surface area contributed by atoms with E-state index in [1.807, 2.05) is 0 Å². The fourth-order valence-corrected chi connectivity index (χ4v) is 5.49. The summed E-state index contributed by atoms with van der Waals surface area (Å²) in [4.78, 5) is 33.7. The number of amidine groups is 1. The SMILES string of the molecule is CC=C(C1=C(C(=O)[O-])[C@H](c2ccc(F)cc2Br)N=C(c2nccs2)N1)[C@@]1(C(=O)O)CCC(F)(F)CN1. The van der Waals surface area contributed by atoms with Crippen LogP contribution in [0.3, 0.4) is 0 Å². The summed E-state index contributed by atoms with van der Waals surface area (Å²) in [5, 5.41) is 30.0. The Bertz CT molecular complexity index is 1300. The van der Waals surface area contributed by atoms with Gasteiger partial charge in [-0.1, -0.05) is 28.1 Å². The number of halogens is 4. The predicted octanol–water partition coefficient (Wildman–Crippen LogP) is 2.93. The first-order valence-electron chi connectivity index (χ1n) is 10.7. The molecule has 0 unspecified atom stereocenters. The highest BCUT2D eigenvalue weighted by atomic mass is 79.9. The highest BCUT2D eigenvalue weighted by Crippen LogP contribution is 2.42. The number of carboxylic acids is 2. The summed E-state index contributed by atoms with van der Waals surface area (Å²) in [5.74, 6) is -6.68. The molecule has 36 heavy (non-hydrogen) atoms. The molecule has 2 aromatic rings. The molecule has 2 aliphatic rings. The molecule has 3 N–H and O–H groups in total. The number of aliphatic carboxylic acids is 2. The van der Waals surface area contributed by atoms with E-state index >= 15 is 0 Å². The Morgan fingerprint density at radius 2 is 2.08 bits per heavy atom. The largest absolute Gasteiger partial charge is 0.545 e. The molecular weight excluding hydrogens is 565 g/mol. The normalized spacial score (nSPS) is 24.2. The molecule has 0 bridgehead atoms. The third kappa shape index (κ3) is 4.70. The lowest BCUT2D eigenvalue weighted by atomic mass is 9.77. The smallest absolute Gasteiger partial charge is 0.328 e. The highest BCUT2D eigenvalue weighted by molar-refractivity contribution is 9.10. The summed E-state index contributed by atoms with van der Waals surface area (Å²) < 4.78 is 42.0.